The number of halogens is 1. The van der Waals surface area contributed by atoms with Crippen LogP contribution in [0.5, 0.6) is 0 Å². The van der Waals surface area contributed by atoms with Gasteiger partial charge in [0.1, 0.15) is 5.82 Å². The van der Waals surface area contributed by atoms with E-state index in [1.54, 1.807) is 17.0 Å². The van der Waals surface area contributed by atoms with Crippen LogP contribution >= 0.6 is 11.3 Å². The molecule has 1 aromatic heterocycles. The second-order valence-electron chi connectivity index (χ2n) is 5.95. The van der Waals surface area contributed by atoms with Crippen LogP contribution in [0, 0.1) is 12.7 Å². The number of rotatable bonds is 4. The Hall–Kier alpha value is -2.68. The van der Waals surface area contributed by atoms with Crippen molar-refractivity contribution in [2.24, 2.45) is 0 Å². The molecule has 2 heterocycles. The van der Waals surface area contributed by atoms with Gasteiger partial charge < -0.3 is 20.4 Å². The zero-order valence-corrected chi connectivity index (χ0v) is 15.2. The summed E-state index contributed by atoms with van der Waals surface area (Å²) in [6.07, 6.45) is 0. The molecule has 7 nitrogen and oxygen atoms in total. The van der Waals surface area contributed by atoms with Crippen LogP contribution in [0.4, 0.5) is 20.0 Å². The molecule has 1 saturated heterocycles. The number of aromatic nitrogens is 1. The third-order valence-electron chi connectivity index (χ3n) is 4.02. The smallest absolute Gasteiger partial charge is 0.317 e. The number of urea groups is 1. The van der Waals surface area contributed by atoms with E-state index in [9.17, 15) is 14.0 Å². The van der Waals surface area contributed by atoms with E-state index in [4.69, 9.17) is 0 Å². The predicted octanol–water partition coefficient (Wildman–Crippen LogP) is 2.06. The molecule has 0 saturated carbocycles. The summed E-state index contributed by atoms with van der Waals surface area (Å²) in [4.78, 5) is 32.0. The molecule has 0 radical (unpaired) electrons. The first-order chi connectivity index (χ1) is 12.5. The molecule has 0 unspecified atom stereocenters. The van der Waals surface area contributed by atoms with Gasteiger partial charge in [-0.1, -0.05) is 0 Å². The van der Waals surface area contributed by atoms with Crippen LogP contribution in [0.2, 0.25) is 0 Å². The van der Waals surface area contributed by atoms with Crippen molar-refractivity contribution in [2.75, 3.05) is 42.9 Å². The predicted molar refractivity (Wildman–Crippen MR) is 99.1 cm³/mol. The fourth-order valence-electron chi connectivity index (χ4n) is 2.66. The number of carbonyl (C=O) groups excluding carboxylic acids is 2. The Morgan fingerprint density at radius 3 is 2.50 bits per heavy atom. The number of hydrogen-bond donors (Lipinski definition) is 2. The Morgan fingerprint density at radius 1 is 1.19 bits per heavy atom. The number of amides is 3. The standard InChI is InChI=1S/C17H20FN5O2S/c1-12-11-26-16(20-12)21-15(24)10-19-17(25)23-8-6-22(7-9-23)14-4-2-13(18)3-5-14/h2-5,11H,6-10H2,1H3,(H,19,25)(H,20,21,24). The van der Waals surface area contributed by atoms with Gasteiger partial charge in [-0.2, -0.15) is 0 Å². The molecular weight excluding hydrogens is 357 g/mol. The van der Waals surface area contributed by atoms with Crippen LogP contribution in [0.1, 0.15) is 5.69 Å². The quantitative estimate of drug-likeness (QED) is 0.855. The Balaban J connectivity index is 1.42. The third kappa shape index (κ3) is 4.69. The number of benzene rings is 1. The SMILES string of the molecule is Cc1csc(NC(=O)CNC(=O)N2CCN(c3ccc(F)cc3)CC2)n1. The average molecular weight is 377 g/mol. The molecular formula is C17H20FN5O2S. The van der Waals surface area contributed by atoms with Gasteiger partial charge in [0.15, 0.2) is 5.13 Å². The fraction of sp³-hybridized carbons (Fsp3) is 0.353. The fourth-order valence-corrected chi connectivity index (χ4v) is 3.37. The molecule has 2 aromatic rings. The van der Waals surface area contributed by atoms with Crippen molar-refractivity contribution in [3.05, 3.63) is 41.2 Å². The Kier molecular flexibility index (Phi) is 5.67. The highest BCUT2D eigenvalue weighted by molar-refractivity contribution is 7.13. The van der Waals surface area contributed by atoms with E-state index in [2.05, 4.69) is 20.5 Å². The van der Waals surface area contributed by atoms with E-state index in [1.807, 2.05) is 12.3 Å². The van der Waals surface area contributed by atoms with Gasteiger partial charge in [0.25, 0.3) is 0 Å². The minimum absolute atomic E-state index is 0.102. The van der Waals surface area contributed by atoms with Crippen molar-refractivity contribution in [3.63, 3.8) is 0 Å². The van der Waals surface area contributed by atoms with Crippen molar-refractivity contribution in [2.45, 2.75) is 6.92 Å². The second-order valence-corrected chi connectivity index (χ2v) is 6.81. The van der Waals surface area contributed by atoms with Gasteiger partial charge in [0, 0.05) is 37.2 Å². The second kappa shape index (κ2) is 8.13. The number of nitrogens with zero attached hydrogens (tertiary/aromatic N) is 3. The molecule has 3 amide bonds. The van der Waals surface area contributed by atoms with Crippen molar-refractivity contribution in [1.29, 1.82) is 0 Å². The van der Waals surface area contributed by atoms with Crippen molar-refractivity contribution < 1.29 is 14.0 Å². The van der Waals surface area contributed by atoms with Crippen LogP contribution in [0.3, 0.4) is 0 Å². The summed E-state index contributed by atoms with van der Waals surface area (Å²) in [6.45, 7) is 4.13. The van der Waals surface area contributed by atoms with Crippen molar-refractivity contribution in [3.8, 4) is 0 Å². The molecule has 0 aliphatic carbocycles. The van der Waals surface area contributed by atoms with Gasteiger partial charge in [-0.25, -0.2) is 14.2 Å². The van der Waals surface area contributed by atoms with Crippen molar-refractivity contribution in [1.82, 2.24) is 15.2 Å². The van der Waals surface area contributed by atoms with Gasteiger partial charge in [-0.05, 0) is 31.2 Å². The Bertz CT molecular complexity index is 772. The maximum Gasteiger partial charge on any atom is 0.317 e. The van der Waals surface area contributed by atoms with E-state index >= 15 is 0 Å². The number of anilines is 2. The minimum Gasteiger partial charge on any atom is -0.368 e. The molecule has 1 fully saturated rings. The summed E-state index contributed by atoms with van der Waals surface area (Å²) in [6, 6.07) is 6.05. The molecule has 1 aliphatic heterocycles. The first-order valence-electron chi connectivity index (χ1n) is 8.26. The van der Waals surface area contributed by atoms with Gasteiger partial charge >= 0.3 is 6.03 Å². The highest BCUT2D eigenvalue weighted by atomic mass is 32.1. The molecule has 138 valence electrons. The van der Waals surface area contributed by atoms with E-state index in [1.165, 1.54) is 23.5 Å². The first-order valence-corrected chi connectivity index (χ1v) is 9.14. The molecule has 2 N–H and O–H groups in total. The molecule has 0 spiro atoms. The van der Waals surface area contributed by atoms with Crippen LogP contribution in [0.25, 0.3) is 0 Å². The van der Waals surface area contributed by atoms with Gasteiger partial charge in [-0.15, -0.1) is 11.3 Å². The van der Waals surface area contributed by atoms with Gasteiger partial charge in [-0.3, -0.25) is 4.79 Å². The largest absolute Gasteiger partial charge is 0.368 e. The van der Waals surface area contributed by atoms with E-state index in [0.29, 0.717) is 31.3 Å². The molecule has 3 rings (SSSR count). The molecule has 9 heteroatoms. The minimum atomic E-state index is -0.308. The van der Waals surface area contributed by atoms with E-state index < -0.39 is 0 Å². The number of nitrogens with one attached hydrogen (secondary N) is 2. The number of piperazine rings is 1. The van der Waals surface area contributed by atoms with Crippen molar-refractivity contribution >= 4 is 34.1 Å². The van der Waals surface area contributed by atoms with Gasteiger partial charge in [0.05, 0.1) is 12.2 Å². The number of hydrogen-bond acceptors (Lipinski definition) is 5. The summed E-state index contributed by atoms with van der Waals surface area (Å²) in [5.74, 6) is -0.574. The number of thiazole rings is 1. The lowest BCUT2D eigenvalue weighted by Gasteiger charge is -2.36. The van der Waals surface area contributed by atoms with Crippen LogP contribution < -0.4 is 15.5 Å². The summed E-state index contributed by atoms with van der Waals surface area (Å²) >= 11 is 1.34. The average Bonchev–Trinajstić information content (AvgIpc) is 3.05. The summed E-state index contributed by atoms with van der Waals surface area (Å²) in [7, 11) is 0. The zero-order valence-electron chi connectivity index (χ0n) is 14.4. The Labute approximate surface area is 154 Å². The maximum absolute atomic E-state index is 13.0. The highest BCUT2D eigenvalue weighted by Gasteiger charge is 2.21. The summed E-state index contributed by atoms with van der Waals surface area (Å²) in [5.41, 5.74) is 1.78. The molecule has 26 heavy (non-hydrogen) atoms. The lowest BCUT2D eigenvalue weighted by molar-refractivity contribution is -0.115. The van der Waals surface area contributed by atoms with E-state index in [-0.39, 0.29) is 24.3 Å². The first kappa shape index (κ1) is 18.1. The zero-order chi connectivity index (χ0) is 18.5. The van der Waals surface area contributed by atoms with E-state index in [0.717, 1.165) is 11.4 Å². The monoisotopic (exact) mass is 377 g/mol. The maximum atomic E-state index is 13.0. The third-order valence-corrected chi connectivity index (χ3v) is 4.90. The van der Waals surface area contributed by atoms with Crippen LogP contribution in [-0.2, 0) is 4.79 Å². The summed E-state index contributed by atoms with van der Waals surface area (Å²) in [5, 5.41) is 7.64. The lowest BCUT2D eigenvalue weighted by atomic mass is 10.2. The van der Waals surface area contributed by atoms with Crippen LogP contribution in [-0.4, -0.2) is 54.5 Å². The highest BCUT2D eigenvalue weighted by Crippen LogP contribution is 2.17. The number of carbonyl (C=O) groups is 2. The molecule has 0 bridgehead atoms. The molecule has 1 aromatic carbocycles. The lowest BCUT2D eigenvalue weighted by Crippen LogP contribution is -2.52. The number of aryl methyl sites for hydroxylation is 1. The summed E-state index contributed by atoms with van der Waals surface area (Å²) < 4.78 is 13.0. The van der Waals surface area contributed by atoms with Gasteiger partial charge in [0.2, 0.25) is 5.91 Å². The molecule has 0 atom stereocenters. The normalized spacial score (nSPS) is 14.2. The molecule has 1 aliphatic rings. The van der Waals surface area contributed by atoms with Crippen LogP contribution in [0.15, 0.2) is 29.6 Å². The topological polar surface area (TPSA) is 77.6 Å². The Morgan fingerprint density at radius 2 is 1.88 bits per heavy atom.